The maximum atomic E-state index is 12.6. The smallest absolute Gasteiger partial charge is 0.230 e. The van der Waals surface area contributed by atoms with Crippen molar-refractivity contribution < 1.29 is 4.79 Å². The molecule has 0 saturated heterocycles. The van der Waals surface area contributed by atoms with E-state index in [-0.39, 0.29) is 11.9 Å². The molecule has 1 aliphatic carbocycles. The molecule has 1 fully saturated rings. The minimum atomic E-state index is -0.422. The Hall–Kier alpha value is -1.06. The molecule has 1 aromatic carbocycles. The Labute approximate surface area is 119 Å². The summed E-state index contributed by atoms with van der Waals surface area (Å²) in [6, 6.07) is 7.68. The van der Waals surface area contributed by atoms with Gasteiger partial charge in [0.25, 0.3) is 0 Å². The van der Waals surface area contributed by atoms with E-state index < -0.39 is 5.41 Å². The van der Waals surface area contributed by atoms with E-state index in [1.807, 2.05) is 31.2 Å². The van der Waals surface area contributed by atoms with Gasteiger partial charge < -0.3 is 11.1 Å². The lowest BCUT2D eigenvalue weighted by Gasteiger charge is -2.30. The Bertz CT molecular complexity index is 455. The zero-order valence-corrected chi connectivity index (χ0v) is 12.0. The van der Waals surface area contributed by atoms with E-state index in [1.165, 1.54) is 0 Å². The number of carbonyl (C=O) groups excluding carboxylic acids is 1. The molecule has 0 radical (unpaired) electrons. The first kappa shape index (κ1) is 14.4. The first-order valence-corrected chi connectivity index (χ1v) is 7.23. The number of nitrogens with two attached hydrogens (primary N) is 1. The highest BCUT2D eigenvalue weighted by Gasteiger charge is 2.42. The van der Waals surface area contributed by atoms with Gasteiger partial charge >= 0.3 is 0 Å². The van der Waals surface area contributed by atoms with Gasteiger partial charge in [0.15, 0.2) is 0 Å². The summed E-state index contributed by atoms with van der Waals surface area (Å²) < 4.78 is 0. The summed E-state index contributed by atoms with van der Waals surface area (Å²) in [6.45, 7) is 2.38. The molecule has 19 heavy (non-hydrogen) atoms. The number of rotatable bonds is 4. The minimum Gasteiger partial charge on any atom is -0.352 e. The van der Waals surface area contributed by atoms with Crippen LogP contribution in [0.1, 0.15) is 38.2 Å². The van der Waals surface area contributed by atoms with Crippen molar-refractivity contribution in [2.45, 2.75) is 44.1 Å². The minimum absolute atomic E-state index is 0.00385. The van der Waals surface area contributed by atoms with E-state index in [0.717, 1.165) is 31.2 Å². The van der Waals surface area contributed by atoms with Crippen LogP contribution >= 0.6 is 11.6 Å². The molecular weight excluding hydrogens is 260 g/mol. The molecule has 0 aromatic heterocycles. The van der Waals surface area contributed by atoms with Crippen LogP contribution in [0.3, 0.4) is 0 Å². The molecule has 1 aliphatic rings. The molecule has 0 heterocycles. The number of halogens is 1. The van der Waals surface area contributed by atoms with Crippen molar-refractivity contribution >= 4 is 17.5 Å². The fourth-order valence-corrected chi connectivity index (χ4v) is 3.02. The van der Waals surface area contributed by atoms with Crippen molar-refractivity contribution in [2.24, 2.45) is 5.73 Å². The van der Waals surface area contributed by atoms with E-state index in [1.54, 1.807) is 0 Å². The normalized spacial score (nSPS) is 19.1. The fraction of sp³-hybridized carbons (Fsp3) is 0.533. The van der Waals surface area contributed by atoms with Gasteiger partial charge in [0.05, 0.1) is 5.41 Å². The SMILES string of the molecule is C[C@@H](CN)NC(=O)C1(c2cccc(Cl)c2)CCCC1. The third-order valence-corrected chi connectivity index (χ3v) is 4.24. The van der Waals surface area contributed by atoms with E-state index >= 15 is 0 Å². The topological polar surface area (TPSA) is 55.1 Å². The number of benzene rings is 1. The van der Waals surface area contributed by atoms with Crippen LogP contribution in [0.25, 0.3) is 0 Å². The van der Waals surface area contributed by atoms with Crippen LogP contribution in [0.2, 0.25) is 5.02 Å². The van der Waals surface area contributed by atoms with E-state index in [0.29, 0.717) is 11.6 Å². The van der Waals surface area contributed by atoms with Crippen molar-refractivity contribution in [3.8, 4) is 0 Å². The quantitative estimate of drug-likeness (QED) is 0.891. The Kier molecular flexibility index (Phi) is 4.48. The molecule has 2 rings (SSSR count). The van der Waals surface area contributed by atoms with Gasteiger partial charge in [-0.05, 0) is 37.5 Å². The highest BCUT2D eigenvalue weighted by molar-refractivity contribution is 6.30. The summed E-state index contributed by atoms with van der Waals surface area (Å²) >= 11 is 6.07. The molecule has 1 saturated carbocycles. The average Bonchev–Trinajstić information content (AvgIpc) is 2.89. The van der Waals surface area contributed by atoms with Gasteiger partial charge in [0, 0.05) is 17.6 Å². The largest absolute Gasteiger partial charge is 0.352 e. The Morgan fingerprint density at radius 2 is 2.16 bits per heavy atom. The molecular formula is C15H21ClN2O. The zero-order valence-electron chi connectivity index (χ0n) is 11.3. The predicted molar refractivity (Wildman–Crippen MR) is 78.3 cm³/mol. The van der Waals surface area contributed by atoms with Crippen molar-refractivity contribution in [1.82, 2.24) is 5.32 Å². The van der Waals surface area contributed by atoms with Crippen LogP contribution in [0.5, 0.6) is 0 Å². The average molecular weight is 281 g/mol. The monoisotopic (exact) mass is 280 g/mol. The lowest BCUT2D eigenvalue weighted by Crippen LogP contribution is -2.48. The van der Waals surface area contributed by atoms with Gasteiger partial charge in [-0.2, -0.15) is 0 Å². The lowest BCUT2D eigenvalue weighted by molar-refractivity contribution is -0.127. The summed E-state index contributed by atoms with van der Waals surface area (Å²) in [4.78, 5) is 12.6. The molecule has 1 amide bonds. The summed E-state index contributed by atoms with van der Waals surface area (Å²) in [7, 11) is 0. The van der Waals surface area contributed by atoms with Gasteiger partial charge in [0.1, 0.15) is 0 Å². The second kappa shape index (κ2) is 5.93. The Balaban J connectivity index is 2.30. The van der Waals surface area contributed by atoms with Gasteiger partial charge in [-0.1, -0.05) is 36.6 Å². The number of hydrogen-bond donors (Lipinski definition) is 2. The van der Waals surface area contributed by atoms with Crippen LogP contribution in [-0.2, 0) is 10.2 Å². The van der Waals surface area contributed by atoms with Gasteiger partial charge in [0.2, 0.25) is 5.91 Å². The summed E-state index contributed by atoms with van der Waals surface area (Å²) in [5.41, 5.74) is 6.19. The van der Waals surface area contributed by atoms with Crippen LogP contribution in [0.4, 0.5) is 0 Å². The first-order valence-electron chi connectivity index (χ1n) is 6.85. The Morgan fingerprint density at radius 3 is 2.74 bits per heavy atom. The van der Waals surface area contributed by atoms with Crippen molar-refractivity contribution in [3.63, 3.8) is 0 Å². The molecule has 1 aromatic rings. The van der Waals surface area contributed by atoms with Crippen LogP contribution < -0.4 is 11.1 Å². The molecule has 1 atom stereocenters. The van der Waals surface area contributed by atoms with Gasteiger partial charge in [-0.25, -0.2) is 0 Å². The summed E-state index contributed by atoms with van der Waals surface area (Å²) in [6.07, 6.45) is 3.93. The first-order chi connectivity index (χ1) is 9.08. The third-order valence-electron chi connectivity index (χ3n) is 4.00. The highest BCUT2D eigenvalue weighted by Crippen LogP contribution is 2.42. The summed E-state index contributed by atoms with van der Waals surface area (Å²) in [5, 5.41) is 3.71. The highest BCUT2D eigenvalue weighted by atomic mass is 35.5. The van der Waals surface area contributed by atoms with Crippen molar-refractivity contribution in [3.05, 3.63) is 34.9 Å². The van der Waals surface area contributed by atoms with E-state index in [4.69, 9.17) is 17.3 Å². The van der Waals surface area contributed by atoms with E-state index in [9.17, 15) is 4.79 Å². The molecule has 0 spiro atoms. The van der Waals surface area contributed by atoms with Crippen molar-refractivity contribution in [1.29, 1.82) is 0 Å². The van der Waals surface area contributed by atoms with E-state index in [2.05, 4.69) is 5.32 Å². The van der Waals surface area contributed by atoms with Crippen LogP contribution in [0, 0.1) is 0 Å². The van der Waals surface area contributed by atoms with Gasteiger partial charge in [-0.15, -0.1) is 0 Å². The summed E-state index contributed by atoms with van der Waals surface area (Å²) in [5.74, 6) is 0.0882. The second-order valence-corrected chi connectivity index (χ2v) is 5.85. The Morgan fingerprint density at radius 1 is 1.47 bits per heavy atom. The molecule has 104 valence electrons. The zero-order chi connectivity index (χ0) is 13.9. The predicted octanol–water partition coefficient (Wildman–Crippen LogP) is 2.62. The maximum absolute atomic E-state index is 12.6. The number of nitrogens with one attached hydrogen (secondary N) is 1. The maximum Gasteiger partial charge on any atom is 0.230 e. The van der Waals surface area contributed by atoms with Crippen LogP contribution in [0.15, 0.2) is 24.3 Å². The number of hydrogen-bond acceptors (Lipinski definition) is 2. The third kappa shape index (κ3) is 2.93. The molecule has 4 heteroatoms. The molecule has 0 unspecified atom stereocenters. The standard InChI is InChI=1S/C15H21ClN2O/c1-11(10-17)18-14(19)15(7-2-3-8-15)12-5-4-6-13(16)9-12/h4-6,9,11H,2-3,7-8,10,17H2,1H3,(H,18,19)/t11-/m0/s1. The number of carbonyl (C=O) groups is 1. The molecule has 3 nitrogen and oxygen atoms in total. The van der Waals surface area contributed by atoms with Crippen LogP contribution in [-0.4, -0.2) is 18.5 Å². The van der Waals surface area contributed by atoms with Crippen molar-refractivity contribution in [2.75, 3.05) is 6.54 Å². The molecule has 0 bridgehead atoms. The second-order valence-electron chi connectivity index (χ2n) is 5.41. The number of amides is 1. The molecule has 3 N–H and O–H groups in total. The lowest BCUT2D eigenvalue weighted by atomic mass is 9.78. The van der Waals surface area contributed by atoms with Gasteiger partial charge in [-0.3, -0.25) is 4.79 Å². The molecule has 0 aliphatic heterocycles. The fourth-order valence-electron chi connectivity index (χ4n) is 2.83.